The summed E-state index contributed by atoms with van der Waals surface area (Å²) in [4.78, 5) is 14.0. The maximum atomic E-state index is 13.1. The van der Waals surface area contributed by atoms with Gasteiger partial charge in [0.15, 0.2) is 0 Å². The zero-order valence-corrected chi connectivity index (χ0v) is 12.9. The highest BCUT2D eigenvalue weighted by atomic mass is 127. The first-order valence-electron chi connectivity index (χ1n) is 6.41. The van der Waals surface area contributed by atoms with Crippen molar-refractivity contribution in [1.29, 1.82) is 0 Å². The third kappa shape index (κ3) is 3.25. The van der Waals surface area contributed by atoms with Crippen molar-refractivity contribution in [3.63, 3.8) is 0 Å². The number of aliphatic hydroxyl groups is 1. The maximum absolute atomic E-state index is 13.1. The summed E-state index contributed by atoms with van der Waals surface area (Å²) in [5.41, 5.74) is 0.488. The first-order valence-corrected chi connectivity index (χ1v) is 7.49. The average molecular weight is 377 g/mol. The molecule has 0 spiro atoms. The molecule has 1 N–H and O–H groups in total. The molecule has 0 heterocycles. The molecule has 19 heavy (non-hydrogen) atoms. The summed E-state index contributed by atoms with van der Waals surface area (Å²) in [6.07, 6.45) is 3.14. The monoisotopic (exact) mass is 377 g/mol. The van der Waals surface area contributed by atoms with Gasteiger partial charge in [0.25, 0.3) is 5.91 Å². The number of carbonyl (C=O) groups is 1. The van der Waals surface area contributed by atoms with E-state index in [1.165, 1.54) is 18.2 Å². The zero-order valence-electron chi connectivity index (χ0n) is 10.8. The van der Waals surface area contributed by atoms with E-state index in [-0.39, 0.29) is 17.8 Å². The van der Waals surface area contributed by atoms with Crippen LogP contribution in [0, 0.1) is 9.39 Å². The molecule has 0 bridgehead atoms. The molecule has 0 radical (unpaired) electrons. The SMILES string of the molecule is CN(C(=O)c1ccc(F)cc1I)C1CCCCC1O. The van der Waals surface area contributed by atoms with Crippen LogP contribution in [0.3, 0.4) is 0 Å². The van der Waals surface area contributed by atoms with Gasteiger partial charge in [-0.05, 0) is 53.6 Å². The van der Waals surface area contributed by atoms with Crippen LogP contribution in [0.5, 0.6) is 0 Å². The van der Waals surface area contributed by atoms with Crippen molar-refractivity contribution in [2.75, 3.05) is 7.05 Å². The molecule has 5 heteroatoms. The summed E-state index contributed by atoms with van der Waals surface area (Å²) in [6.45, 7) is 0. The van der Waals surface area contributed by atoms with Gasteiger partial charge in [-0.2, -0.15) is 0 Å². The fourth-order valence-corrected chi connectivity index (χ4v) is 3.26. The molecule has 0 aromatic heterocycles. The molecule has 1 amide bonds. The highest BCUT2D eigenvalue weighted by molar-refractivity contribution is 14.1. The zero-order chi connectivity index (χ0) is 14.0. The van der Waals surface area contributed by atoms with Gasteiger partial charge in [0, 0.05) is 10.6 Å². The molecule has 3 nitrogen and oxygen atoms in total. The quantitative estimate of drug-likeness (QED) is 0.806. The summed E-state index contributed by atoms with van der Waals surface area (Å²) in [6, 6.07) is 4.01. The van der Waals surface area contributed by atoms with Crippen LogP contribution in [0.15, 0.2) is 18.2 Å². The van der Waals surface area contributed by atoms with Crippen LogP contribution in [0.1, 0.15) is 36.0 Å². The third-order valence-electron chi connectivity index (χ3n) is 3.67. The molecular weight excluding hydrogens is 360 g/mol. The number of aliphatic hydroxyl groups excluding tert-OH is 1. The van der Waals surface area contributed by atoms with Crippen LogP contribution in [0.4, 0.5) is 4.39 Å². The number of amides is 1. The van der Waals surface area contributed by atoms with Crippen molar-refractivity contribution in [3.05, 3.63) is 33.1 Å². The second-order valence-electron chi connectivity index (χ2n) is 4.96. The normalized spacial score (nSPS) is 23.2. The highest BCUT2D eigenvalue weighted by Gasteiger charge is 2.30. The Bertz CT molecular complexity index is 481. The number of rotatable bonds is 2. The topological polar surface area (TPSA) is 40.5 Å². The molecule has 2 rings (SSSR count). The molecule has 0 saturated heterocycles. The number of carbonyl (C=O) groups excluding carboxylic acids is 1. The largest absolute Gasteiger partial charge is 0.391 e. The van der Waals surface area contributed by atoms with Crippen LogP contribution in [-0.2, 0) is 0 Å². The molecule has 1 aromatic rings. The third-order valence-corrected chi connectivity index (χ3v) is 4.57. The van der Waals surface area contributed by atoms with E-state index in [4.69, 9.17) is 0 Å². The van der Waals surface area contributed by atoms with E-state index in [0.29, 0.717) is 9.13 Å². The molecule has 2 atom stereocenters. The predicted octanol–water partition coefficient (Wildman–Crippen LogP) is 2.81. The van der Waals surface area contributed by atoms with E-state index in [1.54, 1.807) is 11.9 Å². The van der Waals surface area contributed by atoms with Crippen LogP contribution in [0.25, 0.3) is 0 Å². The lowest BCUT2D eigenvalue weighted by Crippen LogP contribution is -2.46. The Kier molecular flexibility index (Phi) is 4.78. The minimum Gasteiger partial charge on any atom is -0.391 e. The summed E-state index contributed by atoms with van der Waals surface area (Å²) < 4.78 is 13.7. The van der Waals surface area contributed by atoms with Crippen LogP contribution in [0.2, 0.25) is 0 Å². The minimum absolute atomic E-state index is 0.137. The van der Waals surface area contributed by atoms with Crippen molar-refractivity contribution in [3.8, 4) is 0 Å². The van der Waals surface area contributed by atoms with Crippen molar-refractivity contribution < 1.29 is 14.3 Å². The van der Waals surface area contributed by atoms with E-state index >= 15 is 0 Å². The van der Waals surface area contributed by atoms with Gasteiger partial charge in [0.05, 0.1) is 17.7 Å². The van der Waals surface area contributed by atoms with Crippen molar-refractivity contribution in [2.24, 2.45) is 0 Å². The standard InChI is InChI=1S/C14H17FINO2/c1-17(12-4-2-3-5-13(12)18)14(19)10-7-6-9(15)8-11(10)16/h6-8,12-13,18H,2-5H2,1H3. The number of likely N-dealkylation sites (N-methyl/N-ethyl adjacent to an activating group) is 1. The van der Waals surface area contributed by atoms with E-state index < -0.39 is 6.10 Å². The summed E-state index contributed by atoms with van der Waals surface area (Å²) in [5.74, 6) is -0.503. The molecule has 1 aliphatic rings. The van der Waals surface area contributed by atoms with Gasteiger partial charge in [-0.15, -0.1) is 0 Å². The highest BCUT2D eigenvalue weighted by Crippen LogP contribution is 2.24. The molecule has 104 valence electrons. The van der Waals surface area contributed by atoms with Gasteiger partial charge in [0.2, 0.25) is 0 Å². The molecular formula is C14H17FINO2. The van der Waals surface area contributed by atoms with Crippen LogP contribution >= 0.6 is 22.6 Å². The Labute approximate surface area is 125 Å². The van der Waals surface area contributed by atoms with Crippen molar-refractivity contribution in [1.82, 2.24) is 4.90 Å². The molecule has 1 aliphatic carbocycles. The summed E-state index contributed by atoms with van der Waals surface area (Å²) >= 11 is 1.96. The number of hydrogen-bond donors (Lipinski definition) is 1. The van der Waals surface area contributed by atoms with Crippen LogP contribution in [-0.4, -0.2) is 35.1 Å². The fraction of sp³-hybridized carbons (Fsp3) is 0.500. The number of hydrogen-bond acceptors (Lipinski definition) is 2. The molecule has 1 aromatic carbocycles. The smallest absolute Gasteiger partial charge is 0.255 e. The van der Waals surface area contributed by atoms with Gasteiger partial charge >= 0.3 is 0 Å². The number of benzene rings is 1. The minimum atomic E-state index is -0.458. The lowest BCUT2D eigenvalue weighted by molar-refractivity contribution is 0.0267. The van der Waals surface area contributed by atoms with E-state index in [9.17, 15) is 14.3 Å². The maximum Gasteiger partial charge on any atom is 0.255 e. The second kappa shape index (κ2) is 6.17. The van der Waals surface area contributed by atoms with E-state index in [0.717, 1.165) is 25.7 Å². The van der Waals surface area contributed by atoms with Crippen LogP contribution < -0.4 is 0 Å². The number of nitrogens with zero attached hydrogens (tertiary/aromatic N) is 1. The fourth-order valence-electron chi connectivity index (χ4n) is 2.55. The molecule has 1 saturated carbocycles. The Hall–Kier alpha value is -0.690. The molecule has 1 fully saturated rings. The van der Waals surface area contributed by atoms with E-state index in [2.05, 4.69) is 0 Å². The number of halogens is 2. The van der Waals surface area contributed by atoms with E-state index in [1.807, 2.05) is 22.6 Å². The lowest BCUT2D eigenvalue weighted by Gasteiger charge is -2.35. The predicted molar refractivity (Wildman–Crippen MR) is 79.5 cm³/mol. The van der Waals surface area contributed by atoms with Gasteiger partial charge in [0.1, 0.15) is 5.82 Å². The average Bonchev–Trinajstić information content (AvgIpc) is 2.38. The second-order valence-corrected chi connectivity index (χ2v) is 6.12. The Morgan fingerprint density at radius 2 is 2.11 bits per heavy atom. The van der Waals surface area contributed by atoms with Crippen molar-refractivity contribution >= 4 is 28.5 Å². The first-order chi connectivity index (χ1) is 9.00. The Morgan fingerprint density at radius 3 is 2.74 bits per heavy atom. The van der Waals surface area contributed by atoms with Gasteiger partial charge in [-0.3, -0.25) is 4.79 Å². The van der Waals surface area contributed by atoms with Gasteiger partial charge in [-0.1, -0.05) is 12.8 Å². The molecule has 2 unspecified atom stereocenters. The lowest BCUT2D eigenvalue weighted by atomic mass is 9.91. The van der Waals surface area contributed by atoms with Gasteiger partial charge < -0.3 is 10.0 Å². The summed E-state index contributed by atoms with van der Waals surface area (Å²) in [7, 11) is 1.71. The van der Waals surface area contributed by atoms with Crippen molar-refractivity contribution in [2.45, 2.75) is 37.8 Å². The molecule has 0 aliphatic heterocycles. The Morgan fingerprint density at radius 1 is 1.42 bits per heavy atom. The van der Waals surface area contributed by atoms with Gasteiger partial charge in [-0.25, -0.2) is 4.39 Å². The Balaban J connectivity index is 2.18. The first kappa shape index (κ1) is 14.7. The summed E-state index contributed by atoms with van der Waals surface area (Å²) in [5, 5.41) is 9.99.